The average molecular weight is 406 g/mol. The van der Waals surface area contributed by atoms with Crippen LogP contribution in [0.3, 0.4) is 0 Å². The molecule has 4 nitrogen and oxygen atoms in total. The molecular weight excluding hydrogens is 392 g/mol. The van der Waals surface area contributed by atoms with Gasteiger partial charge in [0.15, 0.2) is 6.61 Å². The lowest BCUT2D eigenvalue weighted by Crippen LogP contribution is -2.20. The molecule has 3 aromatic rings. The fourth-order valence-corrected chi connectivity index (χ4v) is 3.02. The van der Waals surface area contributed by atoms with E-state index in [1.54, 1.807) is 24.4 Å². The molecule has 0 aliphatic carbocycles. The van der Waals surface area contributed by atoms with Crippen molar-refractivity contribution >= 4 is 50.0 Å². The number of rotatable bonds is 4. The van der Waals surface area contributed by atoms with Gasteiger partial charge in [0.2, 0.25) is 0 Å². The number of aryl methyl sites for hydroxylation is 1. The van der Waals surface area contributed by atoms with E-state index in [9.17, 15) is 4.79 Å². The normalized spacial score (nSPS) is 10.6. The maximum Gasteiger partial charge on any atom is 0.262 e. The van der Waals surface area contributed by atoms with Crippen molar-refractivity contribution in [2.75, 3.05) is 11.9 Å². The standard InChI is InChI=1S/C18H14BrClN2O2/c1-11-9-12(19)4-6-15(11)22-17(23)10-24-16-7-5-14(20)13-3-2-8-21-18(13)16/h2-9H,10H2,1H3,(H,22,23). The summed E-state index contributed by atoms with van der Waals surface area (Å²) in [5.41, 5.74) is 2.36. The number of nitrogens with one attached hydrogen (secondary N) is 1. The first kappa shape index (κ1) is 16.7. The SMILES string of the molecule is Cc1cc(Br)ccc1NC(=O)COc1ccc(Cl)c2cccnc12. The molecule has 2 aromatic carbocycles. The highest BCUT2D eigenvalue weighted by Gasteiger charge is 2.10. The molecule has 0 spiro atoms. The summed E-state index contributed by atoms with van der Waals surface area (Å²) in [4.78, 5) is 16.4. The van der Waals surface area contributed by atoms with Crippen molar-refractivity contribution in [2.45, 2.75) is 6.92 Å². The van der Waals surface area contributed by atoms with Gasteiger partial charge in [-0.1, -0.05) is 27.5 Å². The van der Waals surface area contributed by atoms with Crippen molar-refractivity contribution in [3.8, 4) is 5.75 Å². The van der Waals surface area contributed by atoms with Crippen LogP contribution in [-0.4, -0.2) is 17.5 Å². The Balaban J connectivity index is 1.72. The molecule has 0 fully saturated rings. The lowest BCUT2D eigenvalue weighted by atomic mass is 10.2. The van der Waals surface area contributed by atoms with Crippen molar-refractivity contribution in [1.82, 2.24) is 4.98 Å². The van der Waals surface area contributed by atoms with E-state index in [0.717, 1.165) is 21.1 Å². The second-order valence-corrected chi connectivity index (χ2v) is 6.56. The topological polar surface area (TPSA) is 51.2 Å². The van der Waals surface area contributed by atoms with Crippen LogP contribution in [0.2, 0.25) is 5.02 Å². The maximum absolute atomic E-state index is 12.1. The highest BCUT2D eigenvalue weighted by Crippen LogP contribution is 2.29. The van der Waals surface area contributed by atoms with Gasteiger partial charge in [-0.05, 0) is 55.0 Å². The molecule has 1 N–H and O–H groups in total. The zero-order valence-corrected chi connectivity index (χ0v) is 15.2. The second kappa shape index (κ2) is 7.20. The van der Waals surface area contributed by atoms with Gasteiger partial charge in [0.25, 0.3) is 5.91 Å². The van der Waals surface area contributed by atoms with Crippen molar-refractivity contribution in [3.05, 3.63) is 63.7 Å². The Bertz CT molecular complexity index is 915. The summed E-state index contributed by atoms with van der Waals surface area (Å²) in [6, 6.07) is 12.8. The monoisotopic (exact) mass is 404 g/mol. The van der Waals surface area contributed by atoms with E-state index in [1.165, 1.54) is 0 Å². The molecule has 1 aromatic heterocycles. The number of pyridine rings is 1. The molecule has 1 heterocycles. The molecule has 6 heteroatoms. The van der Waals surface area contributed by atoms with E-state index in [0.29, 0.717) is 16.3 Å². The summed E-state index contributed by atoms with van der Waals surface area (Å²) < 4.78 is 6.60. The summed E-state index contributed by atoms with van der Waals surface area (Å²) in [5, 5.41) is 4.23. The number of hydrogen-bond donors (Lipinski definition) is 1. The Morgan fingerprint density at radius 2 is 2.12 bits per heavy atom. The number of carbonyl (C=O) groups excluding carboxylic acids is 1. The highest BCUT2D eigenvalue weighted by molar-refractivity contribution is 9.10. The van der Waals surface area contributed by atoms with E-state index in [4.69, 9.17) is 16.3 Å². The minimum atomic E-state index is -0.237. The highest BCUT2D eigenvalue weighted by atomic mass is 79.9. The quantitative estimate of drug-likeness (QED) is 0.666. The Kier molecular flexibility index (Phi) is 5.02. The number of anilines is 1. The molecule has 0 aliphatic heterocycles. The number of fused-ring (bicyclic) bond motifs is 1. The Morgan fingerprint density at radius 3 is 2.92 bits per heavy atom. The third-order valence-corrected chi connectivity index (χ3v) is 4.32. The van der Waals surface area contributed by atoms with Crippen LogP contribution in [0, 0.1) is 6.92 Å². The lowest BCUT2D eigenvalue weighted by Gasteiger charge is -2.11. The van der Waals surface area contributed by atoms with Gasteiger partial charge in [-0.3, -0.25) is 9.78 Å². The van der Waals surface area contributed by atoms with E-state index >= 15 is 0 Å². The van der Waals surface area contributed by atoms with Crippen LogP contribution in [0.5, 0.6) is 5.75 Å². The summed E-state index contributed by atoms with van der Waals surface area (Å²) in [7, 11) is 0. The maximum atomic E-state index is 12.1. The van der Waals surface area contributed by atoms with Crippen LogP contribution in [0.15, 0.2) is 53.1 Å². The fourth-order valence-electron chi connectivity index (χ4n) is 2.33. The van der Waals surface area contributed by atoms with Gasteiger partial charge in [-0.25, -0.2) is 0 Å². The van der Waals surface area contributed by atoms with Crippen LogP contribution in [0.1, 0.15) is 5.56 Å². The number of benzene rings is 2. The largest absolute Gasteiger partial charge is 0.481 e. The summed E-state index contributed by atoms with van der Waals surface area (Å²) >= 11 is 9.55. The molecule has 0 aliphatic rings. The zero-order valence-electron chi connectivity index (χ0n) is 12.8. The number of ether oxygens (including phenoxy) is 1. The van der Waals surface area contributed by atoms with E-state index < -0.39 is 0 Å². The molecule has 0 bridgehead atoms. The van der Waals surface area contributed by atoms with Gasteiger partial charge in [-0.15, -0.1) is 0 Å². The van der Waals surface area contributed by atoms with E-state index in [-0.39, 0.29) is 12.5 Å². The van der Waals surface area contributed by atoms with Crippen molar-refractivity contribution < 1.29 is 9.53 Å². The zero-order chi connectivity index (χ0) is 17.1. The minimum Gasteiger partial charge on any atom is -0.481 e. The molecular formula is C18H14BrClN2O2. The van der Waals surface area contributed by atoms with Gasteiger partial charge in [0.05, 0.1) is 5.02 Å². The van der Waals surface area contributed by atoms with Gasteiger partial charge in [0.1, 0.15) is 11.3 Å². The molecule has 0 radical (unpaired) electrons. The third kappa shape index (κ3) is 3.68. The molecule has 3 rings (SSSR count). The van der Waals surface area contributed by atoms with Crippen LogP contribution >= 0.6 is 27.5 Å². The van der Waals surface area contributed by atoms with Crippen LogP contribution in [-0.2, 0) is 4.79 Å². The molecule has 0 saturated heterocycles. The predicted octanol–water partition coefficient (Wildman–Crippen LogP) is 4.98. The Labute approximate surface area is 152 Å². The van der Waals surface area contributed by atoms with E-state index in [1.807, 2.05) is 31.2 Å². The lowest BCUT2D eigenvalue weighted by molar-refractivity contribution is -0.118. The van der Waals surface area contributed by atoms with Crippen LogP contribution in [0.4, 0.5) is 5.69 Å². The number of aromatic nitrogens is 1. The fraction of sp³-hybridized carbons (Fsp3) is 0.111. The number of nitrogens with zero attached hydrogens (tertiary/aromatic N) is 1. The van der Waals surface area contributed by atoms with Crippen LogP contribution in [0.25, 0.3) is 10.9 Å². The van der Waals surface area contributed by atoms with Gasteiger partial charge < -0.3 is 10.1 Å². The first-order valence-electron chi connectivity index (χ1n) is 7.26. The van der Waals surface area contributed by atoms with Gasteiger partial charge >= 0.3 is 0 Å². The molecule has 0 saturated carbocycles. The van der Waals surface area contributed by atoms with Crippen molar-refractivity contribution in [1.29, 1.82) is 0 Å². The van der Waals surface area contributed by atoms with Gasteiger partial charge in [0, 0.05) is 21.7 Å². The molecule has 0 unspecified atom stereocenters. The summed E-state index contributed by atoms with van der Waals surface area (Å²) in [5.74, 6) is 0.289. The number of hydrogen-bond acceptors (Lipinski definition) is 3. The molecule has 122 valence electrons. The van der Waals surface area contributed by atoms with Crippen molar-refractivity contribution in [3.63, 3.8) is 0 Å². The molecule has 0 atom stereocenters. The first-order chi connectivity index (χ1) is 11.5. The Hall–Kier alpha value is -2.11. The predicted molar refractivity (Wildman–Crippen MR) is 99.8 cm³/mol. The van der Waals surface area contributed by atoms with Gasteiger partial charge in [-0.2, -0.15) is 0 Å². The summed E-state index contributed by atoms with van der Waals surface area (Å²) in [6.45, 7) is 1.82. The first-order valence-corrected chi connectivity index (χ1v) is 8.44. The second-order valence-electron chi connectivity index (χ2n) is 5.24. The third-order valence-electron chi connectivity index (χ3n) is 3.50. The Morgan fingerprint density at radius 1 is 1.29 bits per heavy atom. The number of amides is 1. The van der Waals surface area contributed by atoms with Crippen molar-refractivity contribution in [2.24, 2.45) is 0 Å². The average Bonchev–Trinajstić information content (AvgIpc) is 2.57. The number of halogens is 2. The number of carbonyl (C=O) groups is 1. The minimum absolute atomic E-state index is 0.108. The van der Waals surface area contributed by atoms with E-state index in [2.05, 4.69) is 26.2 Å². The van der Waals surface area contributed by atoms with Crippen LogP contribution < -0.4 is 10.1 Å². The molecule has 24 heavy (non-hydrogen) atoms. The summed E-state index contributed by atoms with van der Waals surface area (Å²) in [6.07, 6.45) is 1.66. The smallest absolute Gasteiger partial charge is 0.262 e. The molecule has 1 amide bonds.